The van der Waals surface area contributed by atoms with Gasteiger partial charge in [-0.15, -0.1) is 0 Å². The fourth-order valence-electron chi connectivity index (χ4n) is 3.89. The van der Waals surface area contributed by atoms with E-state index in [1.54, 1.807) is 41.2 Å². The third-order valence-electron chi connectivity index (χ3n) is 5.75. The quantitative estimate of drug-likeness (QED) is 0.784. The van der Waals surface area contributed by atoms with Crippen molar-refractivity contribution >= 4 is 23.2 Å². The number of amidine groups is 1. The van der Waals surface area contributed by atoms with Crippen LogP contribution in [0.3, 0.4) is 0 Å². The molecule has 1 amide bonds. The van der Waals surface area contributed by atoms with Crippen LogP contribution < -0.4 is 4.90 Å². The van der Waals surface area contributed by atoms with Crippen molar-refractivity contribution in [1.82, 2.24) is 19.4 Å². The Morgan fingerprint density at radius 2 is 2.03 bits per heavy atom. The van der Waals surface area contributed by atoms with Gasteiger partial charge in [-0.2, -0.15) is 0 Å². The van der Waals surface area contributed by atoms with Gasteiger partial charge in [0, 0.05) is 52.5 Å². The number of aromatic nitrogens is 3. The van der Waals surface area contributed by atoms with Crippen LogP contribution in [-0.4, -0.2) is 56.3 Å². The lowest BCUT2D eigenvalue weighted by molar-refractivity contribution is -0.140. The summed E-state index contributed by atoms with van der Waals surface area (Å²) in [5.74, 6) is 1.19. The molecule has 0 unspecified atom stereocenters. The summed E-state index contributed by atoms with van der Waals surface area (Å²) in [6.45, 7) is 2.42. The van der Waals surface area contributed by atoms with Gasteiger partial charge in [0.25, 0.3) is 5.91 Å². The van der Waals surface area contributed by atoms with Crippen molar-refractivity contribution in [3.05, 3.63) is 42.2 Å². The largest absolute Gasteiger partial charge is 0.365 e. The number of nitrogens with zero attached hydrogens (tertiary/aromatic N) is 6. The first-order chi connectivity index (χ1) is 14.0. The summed E-state index contributed by atoms with van der Waals surface area (Å²) in [4.78, 5) is 42.7. The molecule has 1 fully saturated rings. The minimum absolute atomic E-state index is 0.165. The Bertz CT molecular complexity index is 958. The van der Waals surface area contributed by atoms with Crippen LogP contribution in [-0.2, 0) is 16.7 Å². The van der Waals surface area contributed by atoms with Crippen LogP contribution in [0.15, 0.2) is 35.9 Å². The highest BCUT2D eigenvalue weighted by atomic mass is 16.7. The lowest BCUT2D eigenvalue weighted by Gasteiger charge is -2.36. The molecular weight excluding hydrogens is 372 g/mol. The summed E-state index contributed by atoms with van der Waals surface area (Å²) >= 11 is 0. The highest BCUT2D eigenvalue weighted by Crippen LogP contribution is 2.37. The number of amides is 1. The molecule has 9 heteroatoms. The van der Waals surface area contributed by atoms with E-state index in [4.69, 9.17) is 4.84 Å². The second-order valence-electron chi connectivity index (χ2n) is 7.34. The molecule has 1 saturated carbocycles. The van der Waals surface area contributed by atoms with Gasteiger partial charge in [0.05, 0.1) is 18.1 Å². The lowest BCUT2D eigenvalue weighted by atomic mass is 9.90. The van der Waals surface area contributed by atoms with E-state index in [2.05, 4.69) is 15.1 Å². The predicted molar refractivity (Wildman–Crippen MR) is 106 cm³/mol. The van der Waals surface area contributed by atoms with Crippen LogP contribution in [0.4, 0.5) is 5.69 Å². The Balaban J connectivity index is 1.59. The smallest absolute Gasteiger partial charge is 0.276 e. The van der Waals surface area contributed by atoms with E-state index < -0.39 is 5.72 Å². The highest BCUT2D eigenvalue weighted by Gasteiger charge is 2.47. The normalized spacial score (nSPS) is 18.0. The molecule has 9 nitrogen and oxygen atoms in total. The maximum Gasteiger partial charge on any atom is 0.276 e. The first-order valence-corrected chi connectivity index (χ1v) is 9.72. The van der Waals surface area contributed by atoms with Crippen LogP contribution in [0, 0.1) is 0 Å². The van der Waals surface area contributed by atoms with Crippen molar-refractivity contribution in [3.63, 3.8) is 0 Å². The summed E-state index contributed by atoms with van der Waals surface area (Å²) < 4.78 is 1.73. The molecule has 0 bridgehead atoms. The van der Waals surface area contributed by atoms with E-state index in [9.17, 15) is 9.59 Å². The molecule has 4 rings (SSSR count). The van der Waals surface area contributed by atoms with Gasteiger partial charge < -0.3 is 19.2 Å². The van der Waals surface area contributed by atoms with Gasteiger partial charge in [-0.3, -0.25) is 14.6 Å². The molecule has 0 saturated heterocycles. The third-order valence-corrected chi connectivity index (χ3v) is 5.75. The monoisotopic (exact) mass is 396 g/mol. The number of carbonyl (C=O) groups excluding carboxylic acids is 2. The number of imidazole rings is 1. The van der Waals surface area contributed by atoms with Gasteiger partial charge in [0.2, 0.25) is 11.6 Å². The number of hydrogen-bond donors (Lipinski definition) is 0. The zero-order valence-corrected chi connectivity index (χ0v) is 16.8. The molecule has 2 aromatic heterocycles. The Kier molecular flexibility index (Phi) is 4.81. The van der Waals surface area contributed by atoms with Crippen LogP contribution in [0.2, 0.25) is 0 Å². The summed E-state index contributed by atoms with van der Waals surface area (Å²) in [5.41, 5.74) is 0.568. The number of oxime groups is 1. The molecule has 1 aliphatic carbocycles. The number of carbonyl (C=O) groups is 2. The third kappa shape index (κ3) is 3.16. The van der Waals surface area contributed by atoms with Crippen LogP contribution in [0.25, 0.3) is 0 Å². The summed E-state index contributed by atoms with van der Waals surface area (Å²) in [5, 5.41) is 4.26. The predicted octanol–water partition coefficient (Wildman–Crippen LogP) is 1.94. The molecule has 2 aromatic rings. The number of Topliss-reactive ketones (excluding diaryl/α,β-unsaturated/α-hetero) is 1. The molecule has 2 aliphatic rings. The van der Waals surface area contributed by atoms with Crippen LogP contribution in [0.1, 0.15) is 48.9 Å². The Hall–Kier alpha value is -3.23. The second kappa shape index (κ2) is 7.31. The van der Waals surface area contributed by atoms with E-state index in [0.29, 0.717) is 49.6 Å². The lowest BCUT2D eigenvalue weighted by Crippen LogP contribution is -2.49. The van der Waals surface area contributed by atoms with E-state index in [1.807, 2.05) is 24.9 Å². The summed E-state index contributed by atoms with van der Waals surface area (Å²) in [7, 11) is 3.68. The molecule has 1 aliphatic heterocycles. The Morgan fingerprint density at radius 1 is 1.28 bits per heavy atom. The number of pyridine rings is 1. The van der Waals surface area contributed by atoms with Crippen molar-refractivity contribution in [2.75, 3.05) is 18.5 Å². The first-order valence-electron chi connectivity index (χ1n) is 9.72. The van der Waals surface area contributed by atoms with E-state index in [-0.39, 0.29) is 11.7 Å². The van der Waals surface area contributed by atoms with Gasteiger partial charge >= 0.3 is 0 Å². The minimum atomic E-state index is -0.607. The number of hydrogen-bond acceptors (Lipinski definition) is 7. The van der Waals surface area contributed by atoms with Crippen molar-refractivity contribution in [2.45, 2.75) is 38.3 Å². The van der Waals surface area contributed by atoms with Gasteiger partial charge in [0.15, 0.2) is 5.82 Å². The number of anilines is 1. The average molecular weight is 396 g/mol. The average Bonchev–Trinajstić information content (AvgIpc) is 3.26. The zero-order chi connectivity index (χ0) is 20.6. The fraction of sp³-hybridized carbons (Fsp3) is 0.450. The highest BCUT2D eigenvalue weighted by molar-refractivity contribution is 6.06. The molecule has 0 atom stereocenters. The minimum Gasteiger partial charge on any atom is -0.365 e. The fourth-order valence-corrected chi connectivity index (χ4v) is 3.89. The first kappa shape index (κ1) is 19.1. The van der Waals surface area contributed by atoms with Crippen LogP contribution in [0.5, 0.6) is 0 Å². The van der Waals surface area contributed by atoms with E-state index in [1.165, 1.54) is 0 Å². The van der Waals surface area contributed by atoms with Crippen LogP contribution >= 0.6 is 0 Å². The topological polar surface area (TPSA) is 92.9 Å². The van der Waals surface area contributed by atoms with Gasteiger partial charge in [-0.25, -0.2) is 4.98 Å². The molecular formula is C20H24N6O3. The molecule has 0 radical (unpaired) electrons. The molecule has 3 heterocycles. The number of ketones is 1. The van der Waals surface area contributed by atoms with Crippen molar-refractivity contribution in [3.8, 4) is 0 Å². The summed E-state index contributed by atoms with van der Waals surface area (Å²) in [6, 6.07) is 3.65. The standard InChI is InChI=1S/C20H24N6O3/c1-4-26(14-6-5-11-21-12-14)19(28)16-13-22-17(24(16)2)18-23-29-20(25(18)3)9-7-15(27)8-10-20/h5-6,11-13H,4,7-10H2,1-3H3. The maximum absolute atomic E-state index is 13.2. The Labute approximate surface area is 169 Å². The summed E-state index contributed by atoms with van der Waals surface area (Å²) in [6.07, 6.45) is 7.04. The zero-order valence-electron chi connectivity index (χ0n) is 16.8. The molecule has 0 aromatic carbocycles. The maximum atomic E-state index is 13.2. The van der Waals surface area contributed by atoms with Crippen molar-refractivity contribution < 1.29 is 14.4 Å². The SMILES string of the molecule is CCN(C(=O)c1cnc(C2=NOC3(CCC(=O)CC3)N2C)n1C)c1cccnc1. The second-order valence-corrected chi connectivity index (χ2v) is 7.34. The van der Waals surface area contributed by atoms with Gasteiger partial charge in [0.1, 0.15) is 11.5 Å². The molecule has 0 N–H and O–H groups in total. The van der Waals surface area contributed by atoms with Crippen molar-refractivity contribution in [2.24, 2.45) is 12.2 Å². The van der Waals surface area contributed by atoms with E-state index >= 15 is 0 Å². The number of rotatable bonds is 4. The van der Waals surface area contributed by atoms with Gasteiger partial charge in [-0.1, -0.05) is 5.16 Å². The Morgan fingerprint density at radius 3 is 2.69 bits per heavy atom. The molecule has 29 heavy (non-hydrogen) atoms. The van der Waals surface area contributed by atoms with Gasteiger partial charge in [-0.05, 0) is 19.1 Å². The molecule has 1 spiro atoms. The van der Waals surface area contributed by atoms with Crippen molar-refractivity contribution in [1.29, 1.82) is 0 Å². The van der Waals surface area contributed by atoms with E-state index in [0.717, 1.165) is 5.69 Å². The molecule has 152 valence electrons.